The molecule has 14 heteroatoms. The van der Waals surface area contributed by atoms with Crippen molar-refractivity contribution in [2.45, 2.75) is 52.5 Å². The van der Waals surface area contributed by atoms with Gasteiger partial charge in [0, 0.05) is 49.2 Å². The van der Waals surface area contributed by atoms with Gasteiger partial charge in [0.25, 0.3) is 0 Å². The van der Waals surface area contributed by atoms with Crippen LogP contribution in [0.1, 0.15) is 43.3 Å². The molecular formula is C28H35F4N7O2S. The summed E-state index contributed by atoms with van der Waals surface area (Å²) in [4.78, 5) is 31.7. The maximum absolute atomic E-state index is 14.2. The largest absolute Gasteiger partial charge is 0.481 e. The van der Waals surface area contributed by atoms with E-state index >= 15 is 0 Å². The molecule has 0 radical (unpaired) electrons. The Bertz CT molecular complexity index is 1350. The van der Waals surface area contributed by atoms with Crippen molar-refractivity contribution in [2.75, 3.05) is 49.5 Å². The van der Waals surface area contributed by atoms with Crippen molar-refractivity contribution < 1.29 is 27.5 Å². The minimum Gasteiger partial charge on any atom is -0.481 e. The number of carbonyl (C=O) groups is 1. The quantitative estimate of drug-likeness (QED) is 0.269. The number of hydrogen-bond donors (Lipinski definition) is 2. The predicted octanol–water partition coefficient (Wildman–Crippen LogP) is 5.20. The SMILES string of the molecule is CCN(CC)Cc1sc(NCc2cnc(N3CCN(CCC(=O)O)[C@H](C)C3)cn2)nc1-c1cc(F)cc(C(F)(F)F)c1. The van der Waals surface area contributed by atoms with Crippen molar-refractivity contribution >= 4 is 28.3 Å². The lowest BCUT2D eigenvalue weighted by molar-refractivity contribution is -0.138. The molecule has 0 spiro atoms. The number of anilines is 2. The lowest BCUT2D eigenvalue weighted by atomic mass is 10.1. The second kappa shape index (κ2) is 13.7. The van der Waals surface area contributed by atoms with E-state index in [0.29, 0.717) is 55.3 Å². The Morgan fingerprint density at radius 3 is 2.55 bits per heavy atom. The molecule has 1 aliphatic heterocycles. The van der Waals surface area contributed by atoms with Gasteiger partial charge in [-0.15, -0.1) is 11.3 Å². The number of nitrogens with one attached hydrogen (secondary N) is 1. The highest BCUT2D eigenvalue weighted by molar-refractivity contribution is 7.16. The summed E-state index contributed by atoms with van der Waals surface area (Å²) in [6.45, 7) is 11.0. The molecule has 2 aromatic heterocycles. The van der Waals surface area contributed by atoms with Crippen molar-refractivity contribution in [3.05, 3.63) is 52.5 Å². The van der Waals surface area contributed by atoms with Crippen molar-refractivity contribution in [3.8, 4) is 11.3 Å². The Labute approximate surface area is 246 Å². The molecule has 9 nitrogen and oxygen atoms in total. The maximum Gasteiger partial charge on any atom is 0.416 e. The summed E-state index contributed by atoms with van der Waals surface area (Å²) < 4.78 is 54.4. The molecule has 3 aromatic rings. The number of halogens is 4. The van der Waals surface area contributed by atoms with Gasteiger partial charge in [-0.1, -0.05) is 13.8 Å². The number of thiazole rings is 1. The predicted molar refractivity (Wildman–Crippen MR) is 154 cm³/mol. The normalized spacial score (nSPS) is 16.3. The number of carboxylic acid groups (broad SMARTS) is 1. The fraction of sp³-hybridized carbons (Fsp3) is 0.500. The number of benzene rings is 1. The molecule has 2 N–H and O–H groups in total. The van der Waals surface area contributed by atoms with Gasteiger partial charge < -0.3 is 15.3 Å². The van der Waals surface area contributed by atoms with Gasteiger partial charge in [-0.3, -0.25) is 19.6 Å². The highest BCUT2D eigenvalue weighted by Crippen LogP contribution is 2.37. The monoisotopic (exact) mass is 609 g/mol. The summed E-state index contributed by atoms with van der Waals surface area (Å²) in [5, 5.41) is 12.6. The molecule has 228 valence electrons. The van der Waals surface area contributed by atoms with Gasteiger partial charge in [0.15, 0.2) is 5.13 Å². The second-order valence-corrected chi connectivity index (χ2v) is 11.3. The van der Waals surface area contributed by atoms with E-state index in [2.05, 4.69) is 41.9 Å². The Morgan fingerprint density at radius 2 is 1.93 bits per heavy atom. The standard InChI is InChI=1S/C28H35F4N7O2S/c1-4-37(5-2)17-23-26(19-10-20(28(30,31)32)12-21(29)11-19)36-27(42-23)35-14-22-13-34-24(15-33-22)39-9-8-38(18(3)16-39)7-6-25(40)41/h10-13,15,18H,4-9,14,16-17H2,1-3H3,(H,35,36)(H,40,41)/t18-/m1/s1. The first-order valence-electron chi connectivity index (χ1n) is 13.8. The minimum atomic E-state index is -4.68. The van der Waals surface area contributed by atoms with Gasteiger partial charge >= 0.3 is 12.1 Å². The second-order valence-electron chi connectivity index (χ2n) is 10.2. The van der Waals surface area contributed by atoms with Crippen LogP contribution in [0.2, 0.25) is 0 Å². The average molecular weight is 610 g/mol. The molecule has 4 rings (SSSR count). The number of rotatable bonds is 12. The van der Waals surface area contributed by atoms with Gasteiger partial charge in [0.05, 0.1) is 42.3 Å². The highest BCUT2D eigenvalue weighted by Gasteiger charge is 2.32. The van der Waals surface area contributed by atoms with E-state index in [0.717, 1.165) is 42.5 Å². The van der Waals surface area contributed by atoms with E-state index < -0.39 is 23.5 Å². The molecule has 0 aliphatic carbocycles. The number of hydrogen-bond acceptors (Lipinski definition) is 9. The van der Waals surface area contributed by atoms with Crippen LogP contribution in [0.4, 0.5) is 28.5 Å². The van der Waals surface area contributed by atoms with Gasteiger partial charge in [-0.05, 0) is 38.2 Å². The van der Waals surface area contributed by atoms with Crippen LogP contribution >= 0.6 is 11.3 Å². The van der Waals surface area contributed by atoms with Crippen LogP contribution in [0.15, 0.2) is 30.6 Å². The summed E-state index contributed by atoms with van der Waals surface area (Å²) in [6, 6.07) is 2.68. The van der Waals surface area contributed by atoms with E-state index in [1.807, 2.05) is 13.8 Å². The van der Waals surface area contributed by atoms with Crippen molar-refractivity contribution in [2.24, 2.45) is 0 Å². The zero-order chi connectivity index (χ0) is 30.4. The van der Waals surface area contributed by atoms with Crippen molar-refractivity contribution in [1.29, 1.82) is 0 Å². The van der Waals surface area contributed by atoms with E-state index in [1.165, 1.54) is 11.3 Å². The van der Waals surface area contributed by atoms with E-state index in [1.54, 1.807) is 12.4 Å². The highest BCUT2D eigenvalue weighted by atomic mass is 32.1. The summed E-state index contributed by atoms with van der Waals surface area (Å²) in [6.07, 6.45) is -1.21. The molecule has 1 fully saturated rings. The number of aromatic nitrogens is 3. The summed E-state index contributed by atoms with van der Waals surface area (Å²) in [5.74, 6) is -1.05. The topological polar surface area (TPSA) is 97.7 Å². The third-order valence-corrected chi connectivity index (χ3v) is 8.27. The summed E-state index contributed by atoms with van der Waals surface area (Å²) >= 11 is 1.32. The molecule has 0 bridgehead atoms. The van der Waals surface area contributed by atoms with Crippen LogP contribution in [-0.4, -0.2) is 81.1 Å². The number of alkyl halides is 3. The number of piperazine rings is 1. The van der Waals surface area contributed by atoms with Gasteiger partial charge in [0.1, 0.15) is 11.6 Å². The van der Waals surface area contributed by atoms with E-state index in [9.17, 15) is 22.4 Å². The zero-order valence-electron chi connectivity index (χ0n) is 23.8. The number of nitrogens with zero attached hydrogens (tertiary/aromatic N) is 6. The zero-order valence-corrected chi connectivity index (χ0v) is 24.6. The smallest absolute Gasteiger partial charge is 0.416 e. The Morgan fingerprint density at radius 1 is 1.17 bits per heavy atom. The third-order valence-electron chi connectivity index (χ3n) is 7.27. The molecule has 42 heavy (non-hydrogen) atoms. The molecule has 1 aliphatic rings. The first-order chi connectivity index (χ1) is 20.0. The summed E-state index contributed by atoms with van der Waals surface area (Å²) in [5.41, 5.74) is -0.00746. The fourth-order valence-corrected chi connectivity index (χ4v) is 5.87. The molecule has 0 unspecified atom stereocenters. The van der Waals surface area contributed by atoms with Gasteiger partial charge in [-0.25, -0.2) is 14.4 Å². The first kappa shape index (κ1) is 31.6. The molecule has 1 saturated heterocycles. The van der Waals surface area contributed by atoms with Crippen LogP contribution in [0.3, 0.4) is 0 Å². The van der Waals surface area contributed by atoms with Crippen molar-refractivity contribution in [1.82, 2.24) is 24.8 Å². The van der Waals surface area contributed by atoms with Crippen LogP contribution in [-0.2, 0) is 24.1 Å². The van der Waals surface area contributed by atoms with E-state index in [4.69, 9.17) is 5.11 Å². The lowest BCUT2D eigenvalue weighted by Crippen LogP contribution is -2.52. The first-order valence-corrected chi connectivity index (χ1v) is 14.6. The third kappa shape index (κ3) is 8.13. The van der Waals surface area contributed by atoms with Crippen LogP contribution in [0.25, 0.3) is 11.3 Å². The Hall–Kier alpha value is -3.36. The fourth-order valence-electron chi connectivity index (χ4n) is 4.84. The van der Waals surface area contributed by atoms with Crippen LogP contribution in [0.5, 0.6) is 0 Å². The molecule has 0 amide bonds. The molecule has 3 heterocycles. The Balaban J connectivity index is 1.46. The van der Waals surface area contributed by atoms with E-state index in [-0.39, 0.29) is 18.0 Å². The van der Waals surface area contributed by atoms with Crippen molar-refractivity contribution in [3.63, 3.8) is 0 Å². The lowest BCUT2D eigenvalue weighted by Gasteiger charge is -2.40. The molecule has 0 saturated carbocycles. The summed E-state index contributed by atoms with van der Waals surface area (Å²) in [7, 11) is 0. The van der Waals surface area contributed by atoms with Crippen LogP contribution < -0.4 is 10.2 Å². The van der Waals surface area contributed by atoms with Gasteiger partial charge in [-0.2, -0.15) is 13.2 Å². The van der Waals surface area contributed by atoms with Crippen LogP contribution in [0, 0.1) is 5.82 Å². The minimum absolute atomic E-state index is 0.0789. The Kier molecular flexibility index (Phi) is 10.3. The average Bonchev–Trinajstić information content (AvgIpc) is 3.36. The maximum atomic E-state index is 14.2. The number of carboxylic acids is 1. The molecular weight excluding hydrogens is 574 g/mol. The number of aliphatic carboxylic acids is 1. The van der Waals surface area contributed by atoms with Gasteiger partial charge in [0.2, 0.25) is 0 Å². The molecule has 1 aromatic carbocycles. The molecule has 1 atom stereocenters.